The third kappa shape index (κ3) is 4.96. The lowest BCUT2D eigenvalue weighted by molar-refractivity contribution is -0.132. The predicted octanol–water partition coefficient (Wildman–Crippen LogP) is 0.756. The summed E-state index contributed by atoms with van der Waals surface area (Å²) in [5, 5.41) is 7.81. The second-order valence-corrected chi connectivity index (χ2v) is 6.01. The van der Waals surface area contributed by atoms with Crippen LogP contribution in [0.15, 0.2) is 18.2 Å². The molecule has 0 spiro atoms. The summed E-state index contributed by atoms with van der Waals surface area (Å²) >= 11 is 0. The van der Waals surface area contributed by atoms with Gasteiger partial charge in [0.1, 0.15) is 11.8 Å². The molecule has 146 valence electrons. The number of carbonyl (C=O) groups excluding carboxylic acids is 4. The minimum absolute atomic E-state index is 0.137. The number of amides is 4. The van der Waals surface area contributed by atoms with Crippen LogP contribution in [0.25, 0.3) is 0 Å². The molecule has 27 heavy (non-hydrogen) atoms. The third-order valence-corrected chi connectivity index (χ3v) is 4.18. The van der Waals surface area contributed by atoms with Crippen LogP contribution in [0.2, 0.25) is 0 Å². The molecule has 1 unspecified atom stereocenters. The lowest BCUT2D eigenvalue weighted by Crippen LogP contribution is -2.59. The number of ketones is 1. The van der Waals surface area contributed by atoms with Gasteiger partial charge in [-0.25, -0.2) is 4.79 Å². The third-order valence-electron chi connectivity index (χ3n) is 4.18. The molecule has 9 nitrogen and oxygen atoms in total. The largest absolute Gasteiger partial charge is 0.492 e. The van der Waals surface area contributed by atoms with Crippen molar-refractivity contribution in [1.82, 2.24) is 15.5 Å². The summed E-state index contributed by atoms with van der Waals surface area (Å²) < 4.78 is 5.50. The topological polar surface area (TPSA) is 117 Å². The quantitative estimate of drug-likeness (QED) is 0.634. The molecule has 1 atom stereocenters. The summed E-state index contributed by atoms with van der Waals surface area (Å²) in [6.45, 7) is 4.17. The number of hydrogen-bond donors (Lipinski definition) is 3. The van der Waals surface area contributed by atoms with Gasteiger partial charge in [-0.2, -0.15) is 0 Å². The molecule has 1 aliphatic heterocycles. The summed E-state index contributed by atoms with van der Waals surface area (Å²) in [4.78, 5) is 49.6. The van der Waals surface area contributed by atoms with Crippen molar-refractivity contribution in [3.8, 4) is 5.75 Å². The van der Waals surface area contributed by atoms with Crippen LogP contribution in [-0.2, 0) is 9.59 Å². The maximum atomic E-state index is 12.8. The Hall–Kier alpha value is -3.10. The fraction of sp³-hybridized carbons (Fsp3) is 0.444. The fourth-order valence-corrected chi connectivity index (χ4v) is 2.75. The standard InChI is InChI=1S/C18H24N4O5/c1-4-27-15-6-5-12(11(2)23)9-13(15)21-18(26)22-8-7-20-17(25)14(22)10-16(24)19-3/h5-6,9,14H,4,7-8,10H2,1-3H3,(H,19,24)(H,20,25)(H,21,26). The first-order valence-electron chi connectivity index (χ1n) is 8.71. The number of urea groups is 1. The second-order valence-electron chi connectivity index (χ2n) is 6.01. The van der Waals surface area contributed by atoms with Crippen molar-refractivity contribution < 1.29 is 23.9 Å². The van der Waals surface area contributed by atoms with Gasteiger partial charge in [0.2, 0.25) is 11.8 Å². The number of hydrogen-bond acceptors (Lipinski definition) is 5. The van der Waals surface area contributed by atoms with Crippen LogP contribution >= 0.6 is 0 Å². The van der Waals surface area contributed by atoms with Crippen molar-refractivity contribution in [2.75, 3.05) is 32.1 Å². The predicted molar refractivity (Wildman–Crippen MR) is 98.8 cm³/mol. The molecule has 1 saturated heterocycles. The Morgan fingerprint density at radius 3 is 2.70 bits per heavy atom. The van der Waals surface area contributed by atoms with Crippen LogP contribution < -0.4 is 20.7 Å². The molecule has 1 heterocycles. The Morgan fingerprint density at radius 2 is 2.07 bits per heavy atom. The molecular weight excluding hydrogens is 352 g/mol. The van der Waals surface area contributed by atoms with E-state index in [1.165, 1.54) is 24.9 Å². The number of ether oxygens (including phenoxy) is 1. The van der Waals surface area contributed by atoms with Gasteiger partial charge in [-0.05, 0) is 32.0 Å². The van der Waals surface area contributed by atoms with E-state index in [0.717, 1.165) is 0 Å². The van der Waals surface area contributed by atoms with Crippen molar-refractivity contribution >= 4 is 29.3 Å². The molecule has 0 bridgehead atoms. The molecule has 0 saturated carbocycles. The van der Waals surface area contributed by atoms with E-state index in [9.17, 15) is 19.2 Å². The Bertz CT molecular complexity index is 749. The van der Waals surface area contributed by atoms with Gasteiger partial charge in [-0.15, -0.1) is 0 Å². The molecule has 1 aromatic carbocycles. The molecule has 4 amide bonds. The summed E-state index contributed by atoms with van der Waals surface area (Å²) in [5.74, 6) is -0.463. The molecule has 0 radical (unpaired) electrons. The first kappa shape index (κ1) is 20.2. The molecule has 2 rings (SSSR count). The number of rotatable bonds is 6. The first-order valence-corrected chi connectivity index (χ1v) is 8.71. The average Bonchev–Trinajstić information content (AvgIpc) is 2.64. The summed E-state index contributed by atoms with van der Waals surface area (Å²) in [7, 11) is 1.47. The van der Waals surface area contributed by atoms with Crippen LogP contribution in [-0.4, -0.2) is 61.3 Å². The monoisotopic (exact) mass is 376 g/mol. The Balaban J connectivity index is 2.25. The second kappa shape index (κ2) is 9.02. The zero-order chi connectivity index (χ0) is 20.0. The van der Waals surface area contributed by atoms with E-state index in [-0.39, 0.29) is 30.6 Å². The molecular formula is C18H24N4O5. The summed E-state index contributed by atoms with van der Waals surface area (Å²) in [6, 6.07) is 3.31. The van der Waals surface area contributed by atoms with E-state index in [0.29, 0.717) is 30.2 Å². The average molecular weight is 376 g/mol. The number of anilines is 1. The maximum absolute atomic E-state index is 12.8. The van der Waals surface area contributed by atoms with Crippen LogP contribution in [0.5, 0.6) is 5.75 Å². The van der Waals surface area contributed by atoms with E-state index in [1.54, 1.807) is 19.1 Å². The molecule has 1 aromatic rings. The van der Waals surface area contributed by atoms with Gasteiger partial charge >= 0.3 is 6.03 Å². The molecule has 0 aromatic heterocycles. The van der Waals surface area contributed by atoms with Crippen molar-refractivity contribution in [2.24, 2.45) is 0 Å². The van der Waals surface area contributed by atoms with Gasteiger partial charge < -0.3 is 25.6 Å². The van der Waals surface area contributed by atoms with Gasteiger partial charge in [-0.3, -0.25) is 14.4 Å². The van der Waals surface area contributed by atoms with Crippen LogP contribution in [0, 0.1) is 0 Å². The first-order chi connectivity index (χ1) is 12.9. The number of benzene rings is 1. The number of carbonyl (C=O) groups is 4. The highest BCUT2D eigenvalue weighted by atomic mass is 16.5. The summed E-state index contributed by atoms with van der Waals surface area (Å²) in [6.07, 6.45) is -0.137. The minimum atomic E-state index is -0.912. The van der Waals surface area contributed by atoms with E-state index in [1.807, 2.05) is 0 Å². The van der Waals surface area contributed by atoms with E-state index in [4.69, 9.17) is 4.74 Å². The molecule has 1 fully saturated rings. The number of nitrogens with one attached hydrogen (secondary N) is 3. The zero-order valence-electron chi connectivity index (χ0n) is 15.6. The highest BCUT2D eigenvalue weighted by Crippen LogP contribution is 2.27. The fourth-order valence-electron chi connectivity index (χ4n) is 2.75. The van der Waals surface area contributed by atoms with Gasteiger partial charge in [0.25, 0.3) is 0 Å². The van der Waals surface area contributed by atoms with E-state index < -0.39 is 12.1 Å². The van der Waals surface area contributed by atoms with Crippen molar-refractivity contribution in [2.45, 2.75) is 26.3 Å². The number of nitrogens with zero attached hydrogens (tertiary/aromatic N) is 1. The SMILES string of the molecule is CCOc1ccc(C(C)=O)cc1NC(=O)N1CCNC(=O)C1CC(=O)NC. The van der Waals surface area contributed by atoms with Crippen molar-refractivity contribution in [3.63, 3.8) is 0 Å². The van der Waals surface area contributed by atoms with Crippen molar-refractivity contribution in [1.29, 1.82) is 0 Å². The zero-order valence-corrected chi connectivity index (χ0v) is 15.6. The highest BCUT2D eigenvalue weighted by Gasteiger charge is 2.34. The van der Waals surface area contributed by atoms with Gasteiger partial charge in [0.15, 0.2) is 5.78 Å². The Kier molecular flexibility index (Phi) is 6.75. The van der Waals surface area contributed by atoms with E-state index >= 15 is 0 Å². The maximum Gasteiger partial charge on any atom is 0.322 e. The van der Waals surface area contributed by atoms with Gasteiger partial charge in [0.05, 0.1) is 18.7 Å². The minimum Gasteiger partial charge on any atom is -0.492 e. The normalized spacial score (nSPS) is 16.3. The molecule has 9 heteroatoms. The lowest BCUT2D eigenvalue weighted by Gasteiger charge is -2.34. The Labute approximate surface area is 157 Å². The van der Waals surface area contributed by atoms with Crippen LogP contribution in [0.3, 0.4) is 0 Å². The molecule has 0 aliphatic carbocycles. The van der Waals surface area contributed by atoms with Crippen molar-refractivity contribution in [3.05, 3.63) is 23.8 Å². The summed E-state index contributed by atoms with van der Waals surface area (Å²) in [5.41, 5.74) is 0.756. The van der Waals surface area contributed by atoms with E-state index in [2.05, 4.69) is 16.0 Å². The van der Waals surface area contributed by atoms with Gasteiger partial charge in [-0.1, -0.05) is 0 Å². The van der Waals surface area contributed by atoms with Crippen LogP contribution in [0.1, 0.15) is 30.6 Å². The lowest BCUT2D eigenvalue weighted by atomic mass is 10.1. The molecule has 1 aliphatic rings. The van der Waals surface area contributed by atoms with Gasteiger partial charge in [0, 0.05) is 25.7 Å². The Morgan fingerprint density at radius 1 is 1.33 bits per heavy atom. The smallest absolute Gasteiger partial charge is 0.322 e. The number of piperazine rings is 1. The molecule has 3 N–H and O–H groups in total. The van der Waals surface area contributed by atoms with Crippen LogP contribution in [0.4, 0.5) is 10.5 Å². The number of Topliss-reactive ketones (excluding diaryl/α,β-unsaturated/α-hetero) is 1. The highest BCUT2D eigenvalue weighted by molar-refractivity contribution is 6.00.